The van der Waals surface area contributed by atoms with Crippen LogP contribution in [-0.2, 0) is 4.79 Å². The van der Waals surface area contributed by atoms with Crippen molar-refractivity contribution in [2.75, 3.05) is 0 Å². The maximum atomic E-state index is 12.2. The van der Waals surface area contributed by atoms with E-state index in [0.29, 0.717) is 11.7 Å². The highest BCUT2D eigenvalue weighted by Gasteiger charge is 2.57. The fourth-order valence-corrected chi connectivity index (χ4v) is 5.23. The second kappa shape index (κ2) is 3.84. The molecule has 0 unspecified atom stereocenters. The average Bonchev–Trinajstić information content (AvgIpc) is 2.94. The van der Waals surface area contributed by atoms with Crippen molar-refractivity contribution in [1.29, 1.82) is 0 Å². The Hall–Kier alpha value is -0.330. The molecule has 0 aromatic carbocycles. The molecule has 0 heterocycles. The van der Waals surface area contributed by atoms with Gasteiger partial charge in [-0.05, 0) is 81.0 Å². The second-order valence-electron chi connectivity index (χ2n) is 6.84. The number of fused-ring (bicyclic) bond motifs is 5. The van der Waals surface area contributed by atoms with E-state index in [0.717, 1.165) is 31.1 Å². The molecule has 0 aliphatic heterocycles. The van der Waals surface area contributed by atoms with Gasteiger partial charge in [0.05, 0.1) is 0 Å². The molecule has 0 N–H and O–H groups in total. The van der Waals surface area contributed by atoms with E-state index in [1.54, 1.807) is 11.8 Å². The minimum absolute atomic E-state index is 0.0330. The molecule has 0 bridgehead atoms. The monoisotopic (exact) mass is 241 g/mol. The summed E-state index contributed by atoms with van der Waals surface area (Å²) in [6.45, 7) is 2.25. The molecule has 1 heteroatoms. The summed E-state index contributed by atoms with van der Waals surface area (Å²) in [6.07, 6.45) is 13.8. The summed E-state index contributed by atoms with van der Waals surface area (Å²) in [4.78, 5) is 12.2. The van der Waals surface area contributed by atoms with E-state index in [1.807, 2.05) is 0 Å². The van der Waals surface area contributed by atoms with Crippen molar-refractivity contribution >= 4 is 5.78 Å². The third-order valence-electron chi connectivity index (χ3n) is 6.24. The molecule has 4 aliphatic rings. The molecule has 4 rings (SSSR count). The Kier molecular flexibility index (Phi) is 2.45. The van der Waals surface area contributed by atoms with E-state index in [9.17, 15) is 4.79 Å². The van der Waals surface area contributed by atoms with E-state index < -0.39 is 0 Å². The van der Waals surface area contributed by atoms with Crippen molar-refractivity contribution in [3.05, 3.63) is 31.1 Å². The van der Waals surface area contributed by atoms with Crippen LogP contribution < -0.4 is 0 Å². The quantitative estimate of drug-likeness (QED) is 0.633. The molecule has 0 saturated heterocycles. The van der Waals surface area contributed by atoms with Crippen LogP contribution in [0.3, 0.4) is 0 Å². The molecule has 4 fully saturated rings. The van der Waals surface area contributed by atoms with Crippen molar-refractivity contribution in [3.63, 3.8) is 0 Å². The first kappa shape index (κ1) is 11.5. The molecular formula is C17H21O. The predicted octanol–water partition coefficient (Wildman–Crippen LogP) is 3.57. The van der Waals surface area contributed by atoms with Gasteiger partial charge in [0.1, 0.15) is 5.78 Å². The molecule has 4 saturated carbocycles. The minimum Gasteiger partial charge on any atom is -0.299 e. The van der Waals surface area contributed by atoms with Gasteiger partial charge in [-0.25, -0.2) is 0 Å². The lowest BCUT2D eigenvalue weighted by Gasteiger charge is -2.51. The summed E-state index contributed by atoms with van der Waals surface area (Å²) in [6, 6.07) is 0. The van der Waals surface area contributed by atoms with Gasteiger partial charge in [0.25, 0.3) is 0 Å². The van der Waals surface area contributed by atoms with Crippen molar-refractivity contribution in [2.24, 2.45) is 23.2 Å². The summed E-state index contributed by atoms with van der Waals surface area (Å²) in [5.74, 6) is 5.97. The molecule has 0 aromatic rings. The first-order valence-electron chi connectivity index (χ1n) is 7.48. The lowest BCUT2D eigenvalue weighted by Crippen LogP contribution is -2.45. The second-order valence-corrected chi connectivity index (χ2v) is 6.84. The van der Waals surface area contributed by atoms with Gasteiger partial charge in [-0.1, -0.05) is 6.92 Å². The summed E-state index contributed by atoms with van der Waals surface area (Å²) >= 11 is 0. The number of carbonyl (C=O) groups excluding carboxylic acids is 1. The zero-order valence-electron chi connectivity index (χ0n) is 11.1. The van der Waals surface area contributed by atoms with Crippen LogP contribution in [0, 0.1) is 54.3 Å². The standard InChI is InChI=1S/C17H21O/c1-17-10-9-13-12-4-2-3-11(12)5-6-14(13)15(17)7-8-16(17)18/h2-4,13-15H,5-10H2,1H3/t13-,14-,15+,17+/m1/s1. The molecule has 18 heavy (non-hydrogen) atoms. The first-order valence-corrected chi connectivity index (χ1v) is 7.48. The number of Topliss-reactive ketones (excluding diaryl/α,β-unsaturated/α-hetero) is 1. The Morgan fingerprint density at radius 2 is 2.06 bits per heavy atom. The van der Waals surface area contributed by atoms with Gasteiger partial charge < -0.3 is 0 Å². The Morgan fingerprint density at radius 3 is 2.94 bits per heavy atom. The summed E-state index contributed by atoms with van der Waals surface area (Å²) in [7, 11) is 0. The molecule has 95 valence electrons. The van der Waals surface area contributed by atoms with Crippen LogP contribution in [-0.4, -0.2) is 5.78 Å². The number of ketones is 1. The Balaban J connectivity index is 1.64. The number of hydrogen-bond donors (Lipinski definition) is 0. The molecule has 0 amide bonds. The summed E-state index contributed by atoms with van der Waals surface area (Å²) in [5.41, 5.74) is 0.0330. The van der Waals surface area contributed by atoms with E-state index in [4.69, 9.17) is 0 Å². The Bertz CT molecular complexity index is 374. The van der Waals surface area contributed by atoms with Gasteiger partial charge in [-0.2, -0.15) is 0 Å². The van der Waals surface area contributed by atoms with Crippen LogP contribution in [0.25, 0.3) is 0 Å². The maximum Gasteiger partial charge on any atom is 0.139 e. The molecule has 4 aliphatic carbocycles. The molecule has 4 atom stereocenters. The topological polar surface area (TPSA) is 17.1 Å². The van der Waals surface area contributed by atoms with Crippen molar-refractivity contribution < 1.29 is 4.79 Å². The van der Waals surface area contributed by atoms with Crippen LogP contribution in [0.2, 0.25) is 0 Å². The van der Waals surface area contributed by atoms with Gasteiger partial charge in [0, 0.05) is 11.8 Å². The third-order valence-corrected chi connectivity index (χ3v) is 6.24. The Labute approximate surface area is 111 Å². The SMILES string of the molecule is C[C@]12CC[C@@H]3[C]4[CH][CH][CH][C]4CC[C@H]3[C@@H]1CCC2=O. The van der Waals surface area contributed by atoms with Crippen LogP contribution in [0.5, 0.6) is 0 Å². The van der Waals surface area contributed by atoms with Crippen molar-refractivity contribution in [2.45, 2.75) is 45.4 Å². The normalized spacial score (nSPS) is 48.9. The predicted molar refractivity (Wildman–Crippen MR) is 70.7 cm³/mol. The number of rotatable bonds is 0. The molecule has 0 aromatic heterocycles. The summed E-state index contributed by atoms with van der Waals surface area (Å²) in [5, 5.41) is 0. The Morgan fingerprint density at radius 1 is 1.17 bits per heavy atom. The first-order chi connectivity index (χ1) is 8.70. The fraction of sp³-hybridized carbons (Fsp3) is 0.647. The molecular weight excluding hydrogens is 220 g/mol. The van der Waals surface area contributed by atoms with E-state index >= 15 is 0 Å². The smallest absolute Gasteiger partial charge is 0.139 e. The molecule has 1 nitrogen and oxygen atoms in total. The highest BCUT2D eigenvalue weighted by atomic mass is 16.1. The van der Waals surface area contributed by atoms with E-state index in [-0.39, 0.29) is 5.41 Å². The number of carbonyl (C=O) groups is 1. The van der Waals surface area contributed by atoms with Crippen molar-refractivity contribution in [3.8, 4) is 0 Å². The van der Waals surface area contributed by atoms with Crippen LogP contribution in [0.15, 0.2) is 0 Å². The zero-order chi connectivity index (χ0) is 12.3. The third kappa shape index (κ3) is 1.37. The minimum atomic E-state index is 0.0330. The lowest BCUT2D eigenvalue weighted by atomic mass is 9.53. The lowest BCUT2D eigenvalue weighted by molar-refractivity contribution is -0.130. The summed E-state index contributed by atoms with van der Waals surface area (Å²) < 4.78 is 0. The van der Waals surface area contributed by atoms with Crippen LogP contribution in [0.1, 0.15) is 45.4 Å². The van der Waals surface area contributed by atoms with Gasteiger partial charge in [0.15, 0.2) is 0 Å². The highest BCUT2D eigenvalue weighted by molar-refractivity contribution is 5.87. The molecule has 0 spiro atoms. The number of hydrogen-bond acceptors (Lipinski definition) is 1. The maximum absolute atomic E-state index is 12.2. The largest absolute Gasteiger partial charge is 0.299 e. The van der Waals surface area contributed by atoms with Crippen molar-refractivity contribution in [1.82, 2.24) is 0 Å². The van der Waals surface area contributed by atoms with Gasteiger partial charge >= 0.3 is 0 Å². The highest BCUT2D eigenvalue weighted by Crippen LogP contribution is 2.62. The molecule has 5 radical (unpaired) electrons. The van der Waals surface area contributed by atoms with Crippen LogP contribution >= 0.6 is 0 Å². The van der Waals surface area contributed by atoms with Gasteiger partial charge in [-0.3, -0.25) is 4.79 Å². The van der Waals surface area contributed by atoms with E-state index in [2.05, 4.69) is 26.2 Å². The van der Waals surface area contributed by atoms with Crippen LogP contribution in [0.4, 0.5) is 0 Å². The van der Waals surface area contributed by atoms with Gasteiger partial charge in [0.2, 0.25) is 0 Å². The average molecular weight is 241 g/mol. The van der Waals surface area contributed by atoms with E-state index in [1.165, 1.54) is 19.3 Å². The van der Waals surface area contributed by atoms with Gasteiger partial charge in [-0.15, -0.1) is 0 Å². The fourth-order valence-electron chi connectivity index (χ4n) is 5.23. The zero-order valence-corrected chi connectivity index (χ0v) is 11.1.